The standard InChI is InChI=1S/C16H21N3OS/c1-10-2-4-14(12(8-10)16(17)21)19-7-6-13-11(9-19)3-5-15(20)18-13/h2,4,8,11,13H,3,5-7,9H2,1H3,(H2,17,21)(H,18,20). The Morgan fingerprint density at radius 3 is 3.00 bits per heavy atom. The minimum absolute atomic E-state index is 0.198. The summed E-state index contributed by atoms with van der Waals surface area (Å²) >= 11 is 5.20. The molecule has 0 aromatic heterocycles. The highest BCUT2D eigenvalue weighted by Gasteiger charge is 2.34. The lowest BCUT2D eigenvalue weighted by molar-refractivity contribution is -0.124. The lowest BCUT2D eigenvalue weighted by Crippen LogP contribution is -2.54. The van der Waals surface area contributed by atoms with Crippen LogP contribution in [0.1, 0.15) is 30.4 Å². The number of hydrogen-bond acceptors (Lipinski definition) is 3. The molecule has 0 bridgehead atoms. The van der Waals surface area contributed by atoms with E-state index in [1.165, 1.54) is 5.56 Å². The van der Waals surface area contributed by atoms with Gasteiger partial charge < -0.3 is 16.0 Å². The van der Waals surface area contributed by atoms with Crippen molar-refractivity contribution < 1.29 is 4.79 Å². The molecule has 112 valence electrons. The molecule has 2 atom stereocenters. The van der Waals surface area contributed by atoms with Crippen LogP contribution >= 0.6 is 12.2 Å². The lowest BCUT2D eigenvalue weighted by atomic mass is 9.84. The van der Waals surface area contributed by atoms with Gasteiger partial charge in [-0.05, 0) is 37.8 Å². The van der Waals surface area contributed by atoms with E-state index in [0.717, 1.165) is 37.2 Å². The average Bonchev–Trinajstić information content (AvgIpc) is 2.46. The van der Waals surface area contributed by atoms with E-state index in [1.54, 1.807) is 0 Å². The summed E-state index contributed by atoms with van der Waals surface area (Å²) in [7, 11) is 0. The van der Waals surface area contributed by atoms with Crippen LogP contribution in [0.4, 0.5) is 5.69 Å². The normalized spacial score (nSPS) is 25.2. The molecule has 3 rings (SSSR count). The fourth-order valence-electron chi connectivity index (χ4n) is 3.45. The van der Waals surface area contributed by atoms with Crippen LogP contribution in [0.25, 0.3) is 0 Å². The van der Waals surface area contributed by atoms with E-state index in [9.17, 15) is 4.79 Å². The van der Waals surface area contributed by atoms with Crippen molar-refractivity contribution in [2.75, 3.05) is 18.0 Å². The molecule has 2 fully saturated rings. The first kappa shape index (κ1) is 14.3. The van der Waals surface area contributed by atoms with Gasteiger partial charge in [-0.15, -0.1) is 0 Å². The smallest absolute Gasteiger partial charge is 0.220 e. The fourth-order valence-corrected chi connectivity index (χ4v) is 3.62. The summed E-state index contributed by atoms with van der Waals surface area (Å²) in [6, 6.07) is 6.62. The Morgan fingerprint density at radius 2 is 2.24 bits per heavy atom. The number of anilines is 1. The number of amides is 1. The third-order valence-electron chi connectivity index (χ3n) is 4.58. The minimum Gasteiger partial charge on any atom is -0.389 e. The SMILES string of the molecule is Cc1ccc(N2CCC3NC(=O)CCC3C2)c(C(N)=S)c1. The van der Waals surface area contributed by atoms with Crippen LogP contribution in [0.3, 0.4) is 0 Å². The van der Waals surface area contributed by atoms with Gasteiger partial charge in [0.15, 0.2) is 0 Å². The number of hydrogen-bond donors (Lipinski definition) is 2. The van der Waals surface area contributed by atoms with Crippen molar-refractivity contribution in [3.05, 3.63) is 29.3 Å². The van der Waals surface area contributed by atoms with Crippen LogP contribution in [0.15, 0.2) is 18.2 Å². The molecule has 2 aliphatic rings. The van der Waals surface area contributed by atoms with E-state index < -0.39 is 0 Å². The predicted molar refractivity (Wildman–Crippen MR) is 88.6 cm³/mol. The van der Waals surface area contributed by atoms with Crippen molar-refractivity contribution in [2.24, 2.45) is 11.7 Å². The number of carbonyl (C=O) groups excluding carboxylic acids is 1. The molecule has 0 spiro atoms. The van der Waals surface area contributed by atoms with E-state index in [4.69, 9.17) is 18.0 Å². The summed E-state index contributed by atoms with van der Waals surface area (Å²) in [5.74, 6) is 0.723. The number of thiocarbonyl (C=S) groups is 1. The van der Waals surface area contributed by atoms with Crippen molar-refractivity contribution in [1.29, 1.82) is 0 Å². The summed E-state index contributed by atoms with van der Waals surface area (Å²) in [5.41, 5.74) is 9.15. The summed E-state index contributed by atoms with van der Waals surface area (Å²) in [4.78, 5) is 14.3. The Kier molecular flexibility index (Phi) is 3.85. The predicted octanol–water partition coefficient (Wildman–Crippen LogP) is 1.73. The molecule has 3 N–H and O–H groups in total. The number of piperidine rings is 2. The van der Waals surface area contributed by atoms with E-state index in [-0.39, 0.29) is 5.91 Å². The molecular weight excluding hydrogens is 282 g/mol. The van der Waals surface area contributed by atoms with E-state index in [1.807, 2.05) is 0 Å². The monoisotopic (exact) mass is 303 g/mol. The maximum Gasteiger partial charge on any atom is 0.220 e. The third-order valence-corrected chi connectivity index (χ3v) is 4.80. The number of nitrogens with two attached hydrogens (primary N) is 1. The van der Waals surface area contributed by atoms with E-state index in [0.29, 0.717) is 23.4 Å². The van der Waals surface area contributed by atoms with Gasteiger partial charge >= 0.3 is 0 Å². The van der Waals surface area contributed by atoms with Crippen molar-refractivity contribution in [3.8, 4) is 0 Å². The van der Waals surface area contributed by atoms with Crippen LogP contribution in [0.5, 0.6) is 0 Å². The van der Waals surface area contributed by atoms with Gasteiger partial charge in [0.25, 0.3) is 0 Å². The van der Waals surface area contributed by atoms with Gasteiger partial charge in [-0.25, -0.2) is 0 Å². The first-order chi connectivity index (χ1) is 10.0. The molecule has 0 radical (unpaired) electrons. The summed E-state index contributed by atoms with van der Waals surface area (Å²) < 4.78 is 0. The van der Waals surface area contributed by atoms with Gasteiger partial charge in [-0.3, -0.25) is 4.79 Å². The number of carbonyl (C=O) groups is 1. The molecule has 1 aromatic carbocycles. The average molecular weight is 303 g/mol. The molecule has 0 saturated carbocycles. The first-order valence-corrected chi connectivity index (χ1v) is 7.90. The first-order valence-electron chi connectivity index (χ1n) is 7.49. The Morgan fingerprint density at radius 1 is 1.43 bits per heavy atom. The highest BCUT2D eigenvalue weighted by atomic mass is 32.1. The van der Waals surface area contributed by atoms with Gasteiger partial charge in [-0.2, -0.15) is 0 Å². The van der Waals surface area contributed by atoms with Gasteiger partial charge in [-0.1, -0.05) is 23.8 Å². The molecular formula is C16H21N3OS. The molecule has 21 heavy (non-hydrogen) atoms. The van der Waals surface area contributed by atoms with Crippen LogP contribution in [-0.4, -0.2) is 30.0 Å². The van der Waals surface area contributed by atoms with E-state index in [2.05, 4.69) is 35.3 Å². The van der Waals surface area contributed by atoms with Crippen LogP contribution < -0.4 is 16.0 Å². The van der Waals surface area contributed by atoms with E-state index >= 15 is 0 Å². The molecule has 2 heterocycles. The number of benzene rings is 1. The van der Waals surface area contributed by atoms with Crippen LogP contribution in [-0.2, 0) is 4.79 Å². The highest BCUT2D eigenvalue weighted by molar-refractivity contribution is 7.80. The maximum atomic E-state index is 11.5. The van der Waals surface area contributed by atoms with Crippen molar-refractivity contribution in [1.82, 2.24) is 5.32 Å². The molecule has 2 aliphatic heterocycles. The second-order valence-corrected chi connectivity index (χ2v) is 6.53. The number of rotatable bonds is 2. The van der Waals surface area contributed by atoms with Crippen LogP contribution in [0.2, 0.25) is 0 Å². The zero-order valence-electron chi connectivity index (χ0n) is 12.3. The Hall–Kier alpha value is -1.62. The second-order valence-electron chi connectivity index (χ2n) is 6.09. The lowest BCUT2D eigenvalue weighted by Gasteiger charge is -2.43. The summed E-state index contributed by atoms with van der Waals surface area (Å²) in [6.45, 7) is 3.94. The van der Waals surface area contributed by atoms with Gasteiger partial charge in [0, 0.05) is 36.8 Å². The Bertz CT molecular complexity index is 587. The highest BCUT2D eigenvalue weighted by Crippen LogP contribution is 2.31. The molecule has 1 amide bonds. The zero-order valence-corrected chi connectivity index (χ0v) is 13.1. The quantitative estimate of drug-likeness (QED) is 0.817. The number of nitrogens with one attached hydrogen (secondary N) is 1. The molecule has 4 nitrogen and oxygen atoms in total. The Labute approximate surface area is 130 Å². The topological polar surface area (TPSA) is 58.4 Å². The summed E-state index contributed by atoms with van der Waals surface area (Å²) in [6.07, 6.45) is 2.60. The second kappa shape index (κ2) is 5.64. The third kappa shape index (κ3) is 2.88. The molecule has 0 aliphatic carbocycles. The number of aryl methyl sites for hydroxylation is 1. The van der Waals surface area contributed by atoms with Crippen molar-refractivity contribution >= 4 is 28.8 Å². The molecule has 2 saturated heterocycles. The Balaban J connectivity index is 1.82. The molecule has 5 heteroatoms. The molecule has 1 aromatic rings. The number of fused-ring (bicyclic) bond motifs is 1. The van der Waals surface area contributed by atoms with Crippen molar-refractivity contribution in [3.63, 3.8) is 0 Å². The minimum atomic E-state index is 0.198. The largest absolute Gasteiger partial charge is 0.389 e. The van der Waals surface area contributed by atoms with Gasteiger partial charge in [0.1, 0.15) is 4.99 Å². The van der Waals surface area contributed by atoms with Gasteiger partial charge in [0.2, 0.25) is 5.91 Å². The van der Waals surface area contributed by atoms with Crippen molar-refractivity contribution in [2.45, 2.75) is 32.2 Å². The van der Waals surface area contributed by atoms with Gasteiger partial charge in [0.05, 0.1) is 0 Å². The maximum absolute atomic E-state index is 11.5. The zero-order chi connectivity index (χ0) is 15.0. The fraction of sp³-hybridized carbons (Fsp3) is 0.500. The molecule has 2 unspecified atom stereocenters. The van der Waals surface area contributed by atoms with Crippen LogP contribution in [0, 0.1) is 12.8 Å². The number of nitrogens with zero attached hydrogens (tertiary/aromatic N) is 1. The summed E-state index contributed by atoms with van der Waals surface area (Å²) in [5, 5.41) is 3.12.